The van der Waals surface area contributed by atoms with Crippen molar-refractivity contribution in [3.63, 3.8) is 0 Å². The van der Waals surface area contributed by atoms with Crippen LogP contribution in [0.5, 0.6) is 0 Å². The summed E-state index contributed by atoms with van der Waals surface area (Å²) < 4.78 is 7.01. The summed E-state index contributed by atoms with van der Waals surface area (Å²) in [6.45, 7) is -0.139. The summed E-state index contributed by atoms with van der Waals surface area (Å²) in [6, 6.07) is 7.38. The van der Waals surface area contributed by atoms with Crippen LogP contribution in [0.4, 0.5) is 0 Å². The van der Waals surface area contributed by atoms with Gasteiger partial charge in [0.15, 0.2) is 10.8 Å². The SMILES string of the molecule is OCc1c(-c2ccncc2)nc2sc(-c3ccco3)nn12. The quantitative estimate of drug-likeness (QED) is 0.629. The molecule has 1 N–H and O–H groups in total. The highest BCUT2D eigenvalue weighted by molar-refractivity contribution is 7.19. The van der Waals surface area contributed by atoms with Crippen LogP contribution in [-0.4, -0.2) is 24.7 Å². The third-order valence-corrected chi connectivity index (χ3v) is 4.05. The molecule has 104 valence electrons. The fourth-order valence-corrected chi connectivity index (χ4v) is 3.06. The van der Waals surface area contributed by atoms with Crippen molar-refractivity contribution in [2.24, 2.45) is 0 Å². The van der Waals surface area contributed by atoms with Crippen molar-refractivity contribution in [3.05, 3.63) is 48.6 Å². The fourth-order valence-electron chi connectivity index (χ4n) is 2.17. The van der Waals surface area contributed by atoms with Gasteiger partial charge in [0.1, 0.15) is 0 Å². The Hall–Kier alpha value is -2.51. The number of nitrogens with zero attached hydrogens (tertiary/aromatic N) is 4. The van der Waals surface area contributed by atoms with Crippen LogP contribution in [-0.2, 0) is 6.61 Å². The lowest BCUT2D eigenvalue weighted by molar-refractivity contribution is 0.275. The Morgan fingerprint density at radius 2 is 2.10 bits per heavy atom. The molecule has 4 heterocycles. The van der Waals surface area contributed by atoms with E-state index in [1.54, 1.807) is 23.2 Å². The molecule has 0 radical (unpaired) electrons. The molecule has 7 heteroatoms. The van der Waals surface area contributed by atoms with E-state index >= 15 is 0 Å². The van der Waals surface area contributed by atoms with Gasteiger partial charge in [0, 0.05) is 18.0 Å². The van der Waals surface area contributed by atoms with Crippen LogP contribution in [0.15, 0.2) is 47.3 Å². The average molecular weight is 298 g/mol. The second-order valence-electron chi connectivity index (χ2n) is 4.38. The minimum Gasteiger partial charge on any atom is -0.462 e. The minimum atomic E-state index is -0.139. The van der Waals surface area contributed by atoms with Crippen LogP contribution in [0.2, 0.25) is 0 Å². The number of hydrogen-bond donors (Lipinski definition) is 1. The first-order chi connectivity index (χ1) is 10.4. The van der Waals surface area contributed by atoms with Gasteiger partial charge in [-0.25, -0.2) is 9.50 Å². The highest BCUT2D eigenvalue weighted by atomic mass is 32.1. The van der Waals surface area contributed by atoms with E-state index in [0.717, 1.165) is 21.2 Å². The number of fused-ring (bicyclic) bond motifs is 1. The standard InChI is InChI=1S/C14H10N4O2S/c19-8-10-12(9-3-5-15-6-4-9)16-14-18(10)17-13(21-14)11-2-1-7-20-11/h1-7,19H,8H2. The Balaban J connectivity index is 1.90. The number of imidazole rings is 1. The highest BCUT2D eigenvalue weighted by Gasteiger charge is 2.18. The molecule has 0 fully saturated rings. The molecule has 0 aromatic carbocycles. The molecule has 0 aliphatic heterocycles. The van der Waals surface area contributed by atoms with Gasteiger partial charge in [-0.3, -0.25) is 4.98 Å². The Bertz CT molecular complexity index is 881. The second-order valence-corrected chi connectivity index (χ2v) is 5.34. The van der Waals surface area contributed by atoms with E-state index in [0.29, 0.717) is 11.5 Å². The maximum absolute atomic E-state index is 9.67. The number of aliphatic hydroxyl groups excluding tert-OH is 1. The molecule has 0 spiro atoms. The molecule has 0 aliphatic carbocycles. The maximum atomic E-state index is 9.67. The topological polar surface area (TPSA) is 76.5 Å². The number of hydrogen-bond acceptors (Lipinski definition) is 6. The highest BCUT2D eigenvalue weighted by Crippen LogP contribution is 2.30. The van der Waals surface area contributed by atoms with Crippen LogP contribution in [0.3, 0.4) is 0 Å². The smallest absolute Gasteiger partial charge is 0.213 e. The Morgan fingerprint density at radius 1 is 1.24 bits per heavy atom. The van der Waals surface area contributed by atoms with Crippen molar-refractivity contribution in [3.8, 4) is 22.0 Å². The summed E-state index contributed by atoms with van der Waals surface area (Å²) in [5, 5.41) is 14.9. The van der Waals surface area contributed by atoms with Gasteiger partial charge in [0.2, 0.25) is 4.96 Å². The minimum absolute atomic E-state index is 0.139. The van der Waals surface area contributed by atoms with Crippen molar-refractivity contribution in [2.45, 2.75) is 6.61 Å². The first-order valence-electron chi connectivity index (χ1n) is 6.30. The monoisotopic (exact) mass is 298 g/mol. The van der Waals surface area contributed by atoms with Crippen LogP contribution < -0.4 is 0 Å². The Labute approximate surface area is 123 Å². The first-order valence-corrected chi connectivity index (χ1v) is 7.12. The lowest BCUT2D eigenvalue weighted by Gasteiger charge is -1.99. The summed E-state index contributed by atoms with van der Waals surface area (Å²) in [5.74, 6) is 0.694. The number of pyridine rings is 1. The summed E-state index contributed by atoms with van der Waals surface area (Å²) in [6.07, 6.45) is 5.01. The third-order valence-electron chi connectivity index (χ3n) is 3.13. The molecule has 6 nitrogen and oxygen atoms in total. The Kier molecular flexibility index (Phi) is 2.80. The van der Waals surface area contributed by atoms with Crippen LogP contribution in [0.1, 0.15) is 5.69 Å². The largest absolute Gasteiger partial charge is 0.462 e. The molecule has 0 saturated heterocycles. The van der Waals surface area contributed by atoms with Gasteiger partial charge in [0.25, 0.3) is 0 Å². The van der Waals surface area contributed by atoms with Gasteiger partial charge in [-0.2, -0.15) is 5.10 Å². The van der Waals surface area contributed by atoms with E-state index in [2.05, 4.69) is 15.1 Å². The lowest BCUT2D eigenvalue weighted by Crippen LogP contribution is -1.95. The van der Waals surface area contributed by atoms with Crippen molar-refractivity contribution < 1.29 is 9.52 Å². The second kappa shape index (κ2) is 4.80. The predicted octanol–water partition coefficient (Wildman–Crippen LogP) is 2.61. The van der Waals surface area contributed by atoms with E-state index in [1.807, 2.05) is 24.3 Å². The molecule has 4 aromatic rings. The molecule has 4 rings (SSSR count). The average Bonchev–Trinajstić information content (AvgIpc) is 3.22. The zero-order chi connectivity index (χ0) is 14.2. The number of rotatable bonds is 3. The van der Waals surface area contributed by atoms with Crippen LogP contribution in [0.25, 0.3) is 27.0 Å². The summed E-state index contributed by atoms with van der Waals surface area (Å²) >= 11 is 1.42. The molecule has 0 atom stereocenters. The van der Waals surface area contributed by atoms with Gasteiger partial charge in [-0.15, -0.1) is 0 Å². The van der Waals surface area contributed by atoms with Gasteiger partial charge >= 0.3 is 0 Å². The zero-order valence-electron chi connectivity index (χ0n) is 10.8. The van der Waals surface area contributed by atoms with Crippen molar-refractivity contribution in [1.82, 2.24) is 19.6 Å². The molecular weight excluding hydrogens is 288 g/mol. The summed E-state index contributed by atoms with van der Waals surface area (Å²) in [7, 11) is 0. The molecule has 0 bridgehead atoms. The van der Waals surface area contributed by atoms with E-state index in [-0.39, 0.29) is 6.61 Å². The molecule has 0 amide bonds. The van der Waals surface area contributed by atoms with E-state index in [1.165, 1.54) is 11.3 Å². The van der Waals surface area contributed by atoms with Crippen molar-refractivity contribution in [1.29, 1.82) is 0 Å². The maximum Gasteiger partial charge on any atom is 0.213 e. The Morgan fingerprint density at radius 3 is 2.81 bits per heavy atom. The van der Waals surface area contributed by atoms with Gasteiger partial charge in [-0.05, 0) is 24.3 Å². The summed E-state index contributed by atoms with van der Waals surface area (Å²) in [4.78, 5) is 9.29. The summed E-state index contributed by atoms with van der Waals surface area (Å²) in [5.41, 5.74) is 2.29. The third kappa shape index (κ3) is 1.94. The van der Waals surface area contributed by atoms with Crippen molar-refractivity contribution >= 4 is 16.3 Å². The van der Waals surface area contributed by atoms with Crippen LogP contribution in [0, 0.1) is 0 Å². The fraction of sp³-hybridized carbons (Fsp3) is 0.0714. The molecule has 4 aromatic heterocycles. The van der Waals surface area contributed by atoms with Gasteiger partial charge < -0.3 is 9.52 Å². The van der Waals surface area contributed by atoms with E-state index < -0.39 is 0 Å². The molecular formula is C14H10N4O2S. The first kappa shape index (κ1) is 12.2. The lowest BCUT2D eigenvalue weighted by atomic mass is 10.1. The normalized spacial score (nSPS) is 11.3. The van der Waals surface area contributed by atoms with Crippen LogP contribution >= 0.6 is 11.3 Å². The zero-order valence-corrected chi connectivity index (χ0v) is 11.6. The molecule has 0 saturated carbocycles. The van der Waals surface area contributed by atoms with Crippen molar-refractivity contribution in [2.75, 3.05) is 0 Å². The molecule has 21 heavy (non-hydrogen) atoms. The molecule has 0 unspecified atom stereocenters. The van der Waals surface area contributed by atoms with E-state index in [4.69, 9.17) is 4.42 Å². The number of furan rings is 1. The van der Waals surface area contributed by atoms with Gasteiger partial charge in [0.05, 0.1) is 24.3 Å². The predicted molar refractivity (Wildman–Crippen MR) is 77.7 cm³/mol. The van der Waals surface area contributed by atoms with Gasteiger partial charge in [-0.1, -0.05) is 11.3 Å². The van der Waals surface area contributed by atoms with E-state index in [9.17, 15) is 5.11 Å². The molecule has 0 aliphatic rings. The number of aromatic nitrogens is 4. The number of aliphatic hydroxyl groups is 1.